The fourth-order valence-electron chi connectivity index (χ4n) is 5.96. The van der Waals surface area contributed by atoms with Gasteiger partial charge in [0.1, 0.15) is 18.9 Å². The van der Waals surface area contributed by atoms with Crippen LogP contribution in [0.1, 0.15) is 78.0 Å². The largest absolute Gasteiger partial charge is 0.445 e. The number of aliphatic hydroxyl groups excluding tert-OH is 1. The fraction of sp³-hybridized carbons (Fsp3) is 0.351. The third-order valence-corrected chi connectivity index (χ3v) is 8.32. The Labute approximate surface area is 275 Å². The van der Waals surface area contributed by atoms with E-state index in [0.29, 0.717) is 25.1 Å². The van der Waals surface area contributed by atoms with Gasteiger partial charge in [-0.15, -0.1) is 0 Å². The monoisotopic (exact) mass is 638 g/mol. The van der Waals surface area contributed by atoms with E-state index in [2.05, 4.69) is 16.4 Å². The number of likely N-dealkylation sites (N-methyl/N-ethyl adjacent to an activating group) is 1. The lowest BCUT2D eigenvalue weighted by Crippen LogP contribution is -2.51. The van der Waals surface area contributed by atoms with E-state index >= 15 is 0 Å². The van der Waals surface area contributed by atoms with Crippen LogP contribution in [-0.2, 0) is 29.1 Å². The number of carbonyl (C=O) groups excluding carboxylic acids is 3. The Morgan fingerprint density at radius 1 is 0.979 bits per heavy atom. The maximum absolute atomic E-state index is 14.2. The maximum atomic E-state index is 14.2. The summed E-state index contributed by atoms with van der Waals surface area (Å²) in [4.78, 5) is 48.2. The molecule has 246 valence electrons. The number of hydrogen-bond acceptors (Lipinski definition) is 7. The summed E-state index contributed by atoms with van der Waals surface area (Å²) in [6.45, 7) is 7.01. The van der Waals surface area contributed by atoms with Crippen LogP contribution >= 0.6 is 0 Å². The van der Waals surface area contributed by atoms with Crippen LogP contribution in [0.4, 0.5) is 4.79 Å². The van der Waals surface area contributed by atoms with Crippen molar-refractivity contribution in [1.82, 2.24) is 20.1 Å². The topological polar surface area (TPSA) is 125 Å². The predicted octanol–water partition coefficient (Wildman–Crippen LogP) is 5.84. The number of hydrogen-bond donors (Lipinski definition) is 2. The van der Waals surface area contributed by atoms with Crippen molar-refractivity contribution < 1.29 is 28.6 Å². The van der Waals surface area contributed by atoms with Crippen LogP contribution in [0, 0.1) is 5.92 Å². The lowest BCUT2D eigenvalue weighted by atomic mass is 9.96. The average molecular weight is 639 g/mol. The van der Waals surface area contributed by atoms with Gasteiger partial charge in [-0.05, 0) is 47.9 Å². The van der Waals surface area contributed by atoms with E-state index in [9.17, 15) is 19.5 Å². The third-order valence-electron chi connectivity index (χ3n) is 8.32. The van der Waals surface area contributed by atoms with E-state index in [1.54, 1.807) is 11.8 Å². The molecule has 2 heterocycles. The summed E-state index contributed by atoms with van der Waals surface area (Å²) >= 11 is 0. The highest BCUT2D eigenvalue weighted by Crippen LogP contribution is 2.35. The minimum absolute atomic E-state index is 0.0628. The Bertz CT molecular complexity index is 1640. The molecular weight excluding hydrogens is 596 g/mol. The molecule has 3 aromatic carbocycles. The summed E-state index contributed by atoms with van der Waals surface area (Å²) in [7, 11) is 0. The summed E-state index contributed by atoms with van der Waals surface area (Å²) in [6, 6.07) is 24.6. The van der Waals surface area contributed by atoms with Crippen LogP contribution < -0.4 is 5.32 Å². The van der Waals surface area contributed by atoms with Crippen LogP contribution in [0.2, 0.25) is 0 Å². The van der Waals surface area contributed by atoms with Gasteiger partial charge in [0.05, 0.1) is 6.04 Å². The number of alkyl carbamates (subject to hydrolysis) is 1. The number of aliphatic hydroxyl groups is 1. The highest BCUT2D eigenvalue weighted by Gasteiger charge is 2.38. The Kier molecular flexibility index (Phi) is 11.1. The standard InChI is InChI=1S/C37H42N4O6/c1-4-41(36(44)30(21-25(2)3)39-37(45)47-23-26-13-7-5-8-14-26)32(28-16-9-6-10-17-28)33(42)34-38-31(24-46-34)35(43)40-20-19-27-15-11-12-18-29(27)22-40/h5-18,24-25,30,32-33,42H,4,19-23H2,1-3H3,(H,39,45). The smallest absolute Gasteiger partial charge is 0.408 e. The number of benzene rings is 3. The molecule has 0 radical (unpaired) electrons. The molecule has 10 nitrogen and oxygen atoms in total. The van der Waals surface area contributed by atoms with Gasteiger partial charge in [0, 0.05) is 19.6 Å². The first-order valence-corrected chi connectivity index (χ1v) is 16.1. The zero-order chi connectivity index (χ0) is 33.3. The van der Waals surface area contributed by atoms with Crippen molar-refractivity contribution in [3.05, 3.63) is 125 Å². The second-order valence-electron chi connectivity index (χ2n) is 12.1. The number of aromatic nitrogens is 1. The molecule has 0 aliphatic carbocycles. The Balaban J connectivity index is 1.36. The lowest BCUT2D eigenvalue weighted by molar-refractivity contribution is -0.139. The SMILES string of the molecule is CCN(C(=O)C(CC(C)C)NC(=O)OCc1ccccc1)C(c1ccccc1)C(O)c1nc(C(=O)N2CCc3ccccc3C2)co1. The summed E-state index contributed by atoms with van der Waals surface area (Å²) in [5.41, 5.74) is 3.86. The van der Waals surface area contributed by atoms with Crippen LogP contribution in [0.15, 0.2) is 95.6 Å². The highest BCUT2D eigenvalue weighted by molar-refractivity contribution is 5.92. The van der Waals surface area contributed by atoms with E-state index < -0.39 is 24.3 Å². The molecule has 3 unspecified atom stereocenters. The number of carbonyl (C=O) groups is 3. The lowest BCUT2D eigenvalue weighted by Gasteiger charge is -2.36. The first-order chi connectivity index (χ1) is 22.7. The average Bonchev–Trinajstić information content (AvgIpc) is 3.59. The van der Waals surface area contributed by atoms with E-state index in [0.717, 1.165) is 17.5 Å². The van der Waals surface area contributed by atoms with Crippen molar-refractivity contribution >= 4 is 17.9 Å². The maximum Gasteiger partial charge on any atom is 0.408 e. The summed E-state index contributed by atoms with van der Waals surface area (Å²) in [5.74, 6) is -0.696. The minimum Gasteiger partial charge on any atom is -0.445 e. The van der Waals surface area contributed by atoms with Crippen molar-refractivity contribution in [3.63, 3.8) is 0 Å². The molecule has 1 aliphatic heterocycles. The number of oxazole rings is 1. The van der Waals surface area contributed by atoms with Crippen LogP contribution in [0.3, 0.4) is 0 Å². The van der Waals surface area contributed by atoms with Gasteiger partial charge in [0.2, 0.25) is 11.8 Å². The summed E-state index contributed by atoms with van der Waals surface area (Å²) in [6.07, 6.45) is 0.230. The Morgan fingerprint density at radius 2 is 1.64 bits per heavy atom. The highest BCUT2D eigenvalue weighted by atomic mass is 16.5. The number of nitrogens with one attached hydrogen (secondary N) is 1. The minimum atomic E-state index is -1.41. The van der Waals surface area contributed by atoms with Gasteiger partial charge < -0.3 is 29.4 Å². The van der Waals surface area contributed by atoms with E-state index in [-0.39, 0.29) is 42.5 Å². The number of rotatable bonds is 12. The molecule has 10 heteroatoms. The van der Waals surface area contributed by atoms with E-state index in [1.165, 1.54) is 16.7 Å². The summed E-state index contributed by atoms with van der Waals surface area (Å²) in [5, 5.41) is 14.5. The van der Waals surface area contributed by atoms with Crippen molar-refractivity contribution in [1.29, 1.82) is 0 Å². The molecule has 0 fully saturated rings. The fourth-order valence-corrected chi connectivity index (χ4v) is 5.96. The first-order valence-electron chi connectivity index (χ1n) is 16.1. The van der Waals surface area contributed by atoms with Crippen molar-refractivity contribution in [3.8, 4) is 0 Å². The predicted molar refractivity (Wildman–Crippen MR) is 176 cm³/mol. The van der Waals surface area contributed by atoms with Gasteiger partial charge in [-0.2, -0.15) is 0 Å². The second kappa shape index (κ2) is 15.6. The normalized spacial score (nSPS) is 14.5. The Hall–Kier alpha value is -4.96. The molecule has 3 amide bonds. The van der Waals surface area contributed by atoms with E-state index in [4.69, 9.17) is 9.15 Å². The second-order valence-corrected chi connectivity index (χ2v) is 12.1. The molecule has 5 rings (SSSR count). The van der Waals surface area contributed by atoms with Gasteiger partial charge in [0.25, 0.3) is 5.91 Å². The van der Waals surface area contributed by atoms with Gasteiger partial charge in [-0.3, -0.25) is 9.59 Å². The van der Waals surface area contributed by atoms with Crippen LogP contribution in [-0.4, -0.2) is 56.9 Å². The quantitative estimate of drug-likeness (QED) is 0.200. The van der Waals surface area contributed by atoms with Gasteiger partial charge in [-0.25, -0.2) is 9.78 Å². The molecule has 1 aliphatic rings. The number of fused-ring (bicyclic) bond motifs is 1. The molecule has 47 heavy (non-hydrogen) atoms. The third kappa shape index (κ3) is 8.26. The molecule has 1 aromatic heterocycles. The number of amides is 3. The molecule has 0 saturated carbocycles. The zero-order valence-corrected chi connectivity index (χ0v) is 27.0. The molecule has 0 bridgehead atoms. The van der Waals surface area contributed by atoms with Gasteiger partial charge >= 0.3 is 6.09 Å². The zero-order valence-electron chi connectivity index (χ0n) is 27.0. The Morgan fingerprint density at radius 3 is 2.32 bits per heavy atom. The molecule has 2 N–H and O–H groups in total. The first kappa shape index (κ1) is 33.4. The molecule has 0 saturated heterocycles. The van der Waals surface area contributed by atoms with Gasteiger partial charge in [-0.1, -0.05) is 98.8 Å². The van der Waals surface area contributed by atoms with Crippen molar-refractivity contribution in [2.24, 2.45) is 5.92 Å². The number of nitrogens with zero attached hydrogens (tertiary/aromatic N) is 3. The van der Waals surface area contributed by atoms with Crippen LogP contribution in [0.25, 0.3) is 0 Å². The molecule has 3 atom stereocenters. The van der Waals surface area contributed by atoms with Crippen molar-refractivity contribution in [2.75, 3.05) is 13.1 Å². The molecule has 4 aromatic rings. The number of ether oxygens (including phenoxy) is 1. The van der Waals surface area contributed by atoms with Crippen molar-refractivity contribution in [2.45, 2.75) is 65.0 Å². The van der Waals surface area contributed by atoms with Gasteiger partial charge in [0.15, 0.2) is 11.8 Å². The summed E-state index contributed by atoms with van der Waals surface area (Å²) < 4.78 is 11.1. The molecular formula is C37H42N4O6. The van der Waals surface area contributed by atoms with Crippen LogP contribution in [0.5, 0.6) is 0 Å². The molecule has 0 spiro atoms. The van der Waals surface area contributed by atoms with E-state index in [1.807, 2.05) is 92.7 Å².